The molecule has 1 atom stereocenters. The zero-order valence-corrected chi connectivity index (χ0v) is 18.0. The van der Waals surface area contributed by atoms with Gasteiger partial charge in [-0.05, 0) is 44.8 Å². The number of hydrogen-bond acceptors (Lipinski definition) is 6. The fraction of sp³-hybridized carbons (Fsp3) is 0.455. The summed E-state index contributed by atoms with van der Waals surface area (Å²) in [5.41, 5.74) is 0.860. The Bertz CT molecular complexity index is 1040. The molecule has 0 radical (unpaired) electrons. The van der Waals surface area contributed by atoms with Gasteiger partial charge < -0.3 is 19.9 Å². The van der Waals surface area contributed by atoms with E-state index in [1.54, 1.807) is 24.3 Å². The second kappa shape index (κ2) is 9.87. The van der Waals surface area contributed by atoms with Crippen LogP contribution < -0.4 is 10.1 Å². The Balaban J connectivity index is 1.67. The molecule has 3 rings (SSSR count). The van der Waals surface area contributed by atoms with Gasteiger partial charge in [-0.3, -0.25) is 14.6 Å². The number of alkyl halides is 2. The van der Waals surface area contributed by atoms with E-state index in [0.29, 0.717) is 23.3 Å². The Kier molecular flexibility index (Phi) is 7.20. The summed E-state index contributed by atoms with van der Waals surface area (Å²) >= 11 is 0. The first-order valence-electron chi connectivity index (χ1n) is 10.2. The third-order valence-corrected chi connectivity index (χ3v) is 5.12. The first kappa shape index (κ1) is 23.3. The number of halogens is 2. The summed E-state index contributed by atoms with van der Waals surface area (Å²) in [5.74, 6) is -3.80. The van der Waals surface area contributed by atoms with Crippen LogP contribution >= 0.6 is 0 Å². The Labute approximate surface area is 184 Å². The largest absolute Gasteiger partial charge is 0.494 e. The Morgan fingerprint density at radius 2 is 2.16 bits per heavy atom. The number of nitrogens with zero attached hydrogens (tertiary/aromatic N) is 4. The summed E-state index contributed by atoms with van der Waals surface area (Å²) in [6.45, 7) is 0.0806. The van der Waals surface area contributed by atoms with Gasteiger partial charge in [0.05, 0.1) is 36.8 Å². The molecule has 32 heavy (non-hydrogen) atoms. The minimum Gasteiger partial charge on any atom is -0.494 e. The third kappa shape index (κ3) is 5.68. The van der Waals surface area contributed by atoms with Crippen LogP contribution in [0.4, 0.5) is 8.78 Å². The number of ether oxygens (including phenoxy) is 1. The van der Waals surface area contributed by atoms with Crippen molar-refractivity contribution < 1.29 is 23.1 Å². The monoisotopic (exact) mass is 445 g/mol. The van der Waals surface area contributed by atoms with E-state index in [2.05, 4.69) is 15.2 Å². The Hall–Kier alpha value is -3.32. The van der Waals surface area contributed by atoms with Crippen LogP contribution in [0.25, 0.3) is 10.9 Å². The zero-order valence-electron chi connectivity index (χ0n) is 18.0. The first-order valence-corrected chi connectivity index (χ1v) is 10.2. The number of amides is 2. The van der Waals surface area contributed by atoms with Crippen molar-refractivity contribution in [1.82, 2.24) is 20.1 Å². The highest BCUT2D eigenvalue weighted by Gasteiger charge is 2.47. The zero-order chi connectivity index (χ0) is 23.3. The molecular formula is C22H25F2N5O3. The fourth-order valence-corrected chi connectivity index (χ4v) is 3.53. The summed E-state index contributed by atoms with van der Waals surface area (Å²) in [4.78, 5) is 32.2. The molecular weight excluding hydrogens is 420 g/mol. The van der Waals surface area contributed by atoms with Gasteiger partial charge in [0.25, 0.3) is 11.8 Å². The second-order valence-electron chi connectivity index (χ2n) is 7.95. The van der Waals surface area contributed by atoms with Gasteiger partial charge in [0, 0.05) is 24.5 Å². The molecule has 1 aromatic carbocycles. The predicted octanol–water partition coefficient (Wildman–Crippen LogP) is 2.05. The van der Waals surface area contributed by atoms with Crippen molar-refractivity contribution >= 4 is 22.7 Å². The molecule has 2 aromatic rings. The normalized spacial score (nSPS) is 17.4. The minimum atomic E-state index is -3.11. The van der Waals surface area contributed by atoms with E-state index in [9.17, 15) is 18.4 Å². The lowest BCUT2D eigenvalue weighted by molar-refractivity contribution is -0.131. The molecule has 170 valence electrons. The van der Waals surface area contributed by atoms with E-state index in [-0.39, 0.29) is 5.56 Å². The lowest BCUT2D eigenvalue weighted by atomic mass is 10.1. The van der Waals surface area contributed by atoms with Gasteiger partial charge in [0.1, 0.15) is 11.8 Å². The summed E-state index contributed by atoms with van der Waals surface area (Å²) in [6.07, 6.45) is 1.62. The maximum Gasteiger partial charge on any atom is 0.268 e. The van der Waals surface area contributed by atoms with Crippen molar-refractivity contribution in [2.45, 2.75) is 24.8 Å². The van der Waals surface area contributed by atoms with Crippen molar-refractivity contribution in [3.63, 3.8) is 0 Å². The summed E-state index contributed by atoms with van der Waals surface area (Å²) < 4.78 is 32.9. The molecule has 0 aliphatic carbocycles. The van der Waals surface area contributed by atoms with Crippen LogP contribution in [0.3, 0.4) is 0 Å². The Morgan fingerprint density at radius 3 is 2.88 bits per heavy atom. The molecule has 10 heteroatoms. The average molecular weight is 445 g/mol. The van der Waals surface area contributed by atoms with E-state index in [1.165, 1.54) is 12.3 Å². The number of aromatic nitrogens is 1. The van der Waals surface area contributed by atoms with Crippen LogP contribution in [-0.4, -0.2) is 78.9 Å². The van der Waals surface area contributed by atoms with Crippen LogP contribution in [0.5, 0.6) is 5.75 Å². The van der Waals surface area contributed by atoms with Gasteiger partial charge in [-0.1, -0.05) is 0 Å². The fourth-order valence-electron chi connectivity index (χ4n) is 3.53. The van der Waals surface area contributed by atoms with Crippen LogP contribution in [-0.2, 0) is 4.79 Å². The lowest BCUT2D eigenvalue weighted by Gasteiger charge is -2.19. The lowest BCUT2D eigenvalue weighted by Crippen LogP contribution is -2.43. The molecule has 1 aromatic heterocycles. The molecule has 1 saturated heterocycles. The number of pyridine rings is 1. The van der Waals surface area contributed by atoms with E-state index in [0.717, 1.165) is 17.9 Å². The molecule has 2 heterocycles. The third-order valence-electron chi connectivity index (χ3n) is 5.12. The van der Waals surface area contributed by atoms with Gasteiger partial charge >= 0.3 is 0 Å². The molecule has 1 fully saturated rings. The SMILES string of the molecule is CN(C)CCCOc1ccc2nccc(C(=O)NCC(=O)N3CC(F)(F)C[C@H]3C#N)c2c1. The molecule has 0 saturated carbocycles. The Morgan fingerprint density at radius 1 is 1.38 bits per heavy atom. The minimum absolute atomic E-state index is 0.283. The van der Waals surface area contributed by atoms with Crippen molar-refractivity contribution in [2.75, 3.05) is 40.3 Å². The first-order chi connectivity index (χ1) is 15.2. The number of hydrogen-bond donors (Lipinski definition) is 1. The summed E-state index contributed by atoms with van der Waals surface area (Å²) in [7, 11) is 3.96. The highest BCUT2D eigenvalue weighted by molar-refractivity contribution is 6.07. The molecule has 2 amide bonds. The maximum absolute atomic E-state index is 13.6. The van der Waals surface area contributed by atoms with Crippen molar-refractivity contribution in [3.8, 4) is 11.8 Å². The van der Waals surface area contributed by atoms with Crippen molar-refractivity contribution in [1.29, 1.82) is 5.26 Å². The highest BCUT2D eigenvalue weighted by Crippen LogP contribution is 2.31. The number of likely N-dealkylation sites (tertiary alicyclic amines) is 1. The molecule has 1 aliphatic heterocycles. The number of carbonyl (C=O) groups is 2. The van der Waals surface area contributed by atoms with Gasteiger partial charge in [-0.25, -0.2) is 8.78 Å². The predicted molar refractivity (Wildman–Crippen MR) is 113 cm³/mol. The van der Waals surface area contributed by atoms with E-state index < -0.39 is 43.3 Å². The second-order valence-corrected chi connectivity index (χ2v) is 7.95. The molecule has 1 aliphatic rings. The molecule has 0 unspecified atom stereocenters. The smallest absolute Gasteiger partial charge is 0.268 e. The van der Waals surface area contributed by atoms with Crippen LogP contribution in [0.2, 0.25) is 0 Å². The number of benzene rings is 1. The number of nitriles is 1. The van der Waals surface area contributed by atoms with Gasteiger partial charge in [-0.15, -0.1) is 0 Å². The standard InChI is InChI=1S/C22H25F2N5O3/c1-28(2)8-3-9-32-16-4-5-19-18(10-16)17(6-7-26-19)21(31)27-13-20(30)29-14-22(23,24)11-15(29)12-25/h4-7,10,15H,3,8-9,11,13-14H2,1-2H3,(H,27,31)/t15-/m0/s1. The van der Waals surface area contributed by atoms with E-state index >= 15 is 0 Å². The molecule has 0 bridgehead atoms. The quantitative estimate of drug-likeness (QED) is 0.625. The van der Waals surface area contributed by atoms with Gasteiger partial charge in [0.15, 0.2) is 0 Å². The topological polar surface area (TPSA) is 98.6 Å². The number of rotatable bonds is 8. The number of fused-ring (bicyclic) bond motifs is 1. The summed E-state index contributed by atoms with van der Waals surface area (Å²) in [6, 6.07) is 7.24. The molecule has 1 N–H and O–H groups in total. The molecule has 0 spiro atoms. The van der Waals surface area contributed by atoms with Gasteiger partial charge in [0.2, 0.25) is 5.91 Å². The van der Waals surface area contributed by atoms with Gasteiger partial charge in [-0.2, -0.15) is 5.26 Å². The van der Waals surface area contributed by atoms with E-state index in [1.807, 2.05) is 14.1 Å². The van der Waals surface area contributed by atoms with Crippen molar-refractivity contribution in [2.24, 2.45) is 0 Å². The highest BCUT2D eigenvalue weighted by atomic mass is 19.3. The van der Waals surface area contributed by atoms with E-state index in [4.69, 9.17) is 10.00 Å². The number of carbonyl (C=O) groups excluding carboxylic acids is 2. The van der Waals surface area contributed by atoms with Crippen molar-refractivity contribution in [3.05, 3.63) is 36.0 Å². The average Bonchev–Trinajstić information content (AvgIpc) is 3.09. The van der Waals surface area contributed by atoms with Crippen LogP contribution in [0, 0.1) is 11.3 Å². The molecule has 8 nitrogen and oxygen atoms in total. The van der Waals surface area contributed by atoms with Crippen LogP contribution in [0.1, 0.15) is 23.2 Å². The van der Waals surface area contributed by atoms with Crippen LogP contribution in [0.15, 0.2) is 30.5 Å². The summed E-state index contributed by atoms with van der Waals surface area (Å²) in [5, 5.41) is 12.0. The number of nitrogens with one attached hydrogen (secondary N) is 1. The maximum atomic E-state index is 13.6.